The maximum absolute atomic E-state index is 12.3. The molecule has 1 aliphatic rings. The molecule has 0 unspecified atom stereocenters. The number of piperidine rings is 1. The van der Waals surface area contributed by atoms with E-state index in [9.17, 15) is 14.9 Å². The van der Waals surface area contributed by atoms with E-state index in [0.717, 1.165) is 12.8 Å². The van der Waals surface area contributed by atoms with Crippen LogP contribution in [0.25, 0.3) is 0 Å². The van der Waals surface area contributed by atoms with Crippen LogP contribution in [-0.4, -0.2) is 34.9 Å². The molecule has 8 heteroatoms. The quantitative estimate of drug-likeness (QED) is 0.644. The van der Waals surface area contributed by atoms with E-state index < -0.39 is 4.92 Å². The molecule has 0 bridgehead atoms. The van der Waals surface area contributed by atoms with Gasteiger partial charge in [0.1, 0.15) is 0 Å². The molecule has 1 aromatic rings. The minimum Gasteiger partial charge on any atom is -0.339 e. The first-order valence-electron chi connectivity index (χ1n) is 5.97. The lowest BCUT2D eigenvalue weighted by atomic mass is 10.0. The molecule has 0 atom stereocenters. The van der Waals surface area contributed by atoms with Crippen molar-refractivity contribution >= 4 is 39.9 Å². The normalized spacial score (nSPS) is 15.6. The highest BCUT2D eigenvalue weighted by Gasteiger charge is 2.23. The van der Waals surface area contributed by atoms with Gasteiger partial charge in [-0.2, -0.15) is 0 Å². The van der Waals surface area contributed by atoms with Crippen molar-refractivity contribution in [2.45, 2.75) is 18.9 Å². The first kappa shape index (κ1) is 16.9. The zero-order valence-electron chi connectivity index (χ0n) is 10.6. The Morgan fingerprint density at radius 3 is 2.50 bits per heavy atom. The molecule has 0 radical (unpaired) electrons. The second kappa shape index (κ2) is 7.01. The highest BCUT2D eigenvalue weighted by Crippen LogP contribution is 2.23. The molecular formula is C12H15BrClN3O3. The van der Waals surface area contributed by atoms with Gasteiger partial charge in [0.25, 0.3) is 11.6 Å². The van der Waals surface area contributed by atoms with Crippen LogP contribution in [-0.2, 0) is 0 Å². The van der Waals surface area contributed by atoms with Gasteiger partial charge in [-0.1, -0.05) is 15.9 Å². The molecular weight excluding hydrogens is 350 g/mol. The molecule has 110 valence electrons. The van der Waals surface area contributed by atoms with Crippen molar-refractivity contribution in [2.75, 3.05) is 13.1 Å². The molecule has 1 heterocycles. The van der Waals surface area contributed by atoms with Gasteiger partial charge in [0, 0.05) is 41.3 Å². The minimum absolute atomic E-state index is 0. The summed E-state index contributed by atoms with van der Waals surface area (Å²) in [5.41, 5.74) is 6.03. The van der Waals surface area contributed by atoms with Gasteiger partial charge in [0.2, 0.25) is 0 Å². The molecule has 1 aromatic carbocycles. The van der Waals surface area contributed by atoms with Crippen LogP contribution < -0.4 is 5.73 Å². The Labute approximate surface area is 131 Å². The fourth-order valence-electron chi connectivity index (χ4n) is 2.09. The fraction of sp³-hybridized carbons (Fsp3) is 0.417. The van der Waals surface area contributed by atoms with Crippen molar-refractivity contribution in [3.63, 3.8) is 0 Å². The number of carbonyl (C=O) groups excluding carboxylic acids is 1. The van der Waals surface area contributed by atoms with Crippen LogP contribution >= 0.6 is 28.3 Å². The number of nitrogens with zero attached hydrogens (tertiary/aromatic N) is 2. The number of non-ortho nitro benzene ring substituents is 1. The largest absolute Gasteiger partial charge is 0.339 e. The molecule has 1 fully saturated rings. The maximum atomic E-state index is 12.3. The Hall–Kier alpha value is -1.18. The highest BCUT2D eigenvalue weighted by atomic mass is 79.9. The molecule has 2 rings (SSSR count). The molecule has 0 aliphatic carbocycles. The van der Waals surface area contributed by atoms with Crippen LogP contribution in [0.5, 0.6) is 0 Å². The second-order valence-electron chi connectivity index (χ2n) is 4.58. The number of hydrogen-bond acceptors (Lipinski definition) is 4. The number of halogens is 2. The topological polar surface area (TPSA) is 89.5 Å². The molecule has 20 heavy (non-hydrogen) atoms. The summed E-state index contributed by atoms with van der Waals surface area (Å²) in [5, 5.41) is 10.8. The van der Waals surface area contributed by atoms with E-state index in [1.165, 1.54) is 12.1 Å². The van der Waals surface area contributed by atoms with Crippen molar-refractivity contribution in [1.29, 1.82) is 0 Å². The van der Waals surface area contributed by atoms with Crippen LogP contribution in [0.1, 0.15) is 23.2 Å². The highest BCUT2D eigenvalue weighted by molar-refractivity contribution is 9.10. The van der Waals surface area contributed by atoms with Gasteiger partial charge in [-0.3, -0.25) is 14.9 Å². The summed E-state index contributed by atoms with van der Waals surface area (Å²) in [6.07, 6.45) is 1.53. The lowest BCUT2D eigenvalue weighted by Gasteiger charge is -2.30. The second-order valence-corrected chi connectivity index (χ2v) is 5.50. The summed E-state index contributed by atoms with van der Waals surface area (Å²) in [6, 6.07) is 4.43. The first-order valence-corrected chi connectivity index (χ1v) is 6.76. The third kappa shape index (κ3) is 3.91. The number of nitro benzene ring substituents is 1. The van der Waals surface area contributed by atoms with Crippen LogP contribution in [0.15, 0.2) is 22.7 Å². The van der Waals surface area contributed by atoms with E-state index in [1.54, 1.807) is 11.0 Å². The number of hydrogen-bond donors (Lipinski definition) is 1. The number of rotatable bonds is 2. The van der Waals surface area contributed by atoms with Crippen molar-refractivity contribution in [2.24, 2.45) is 5.73 Å². The van der Waals surface area contributed by atoms with E-state index in [1.807, 2.05) is 0 Å². The number of amides is 1. The zero-order chi connectivity index (χ0) is 14.0. The molecule has 1 aliphatic heterocycles. The summed E-state index contributed by atoms with van der Waals surface area (Å²) in [7, 11) is 0. The minimum atomic E-state index is -0.506. The van der Waals surface area contributed by atoms with Crippen LogP contribution in [0.3, 0.4) is 0 Å². The molecule has 0 spiro atoms. The SMILES string of the molecule is Cl.NC1CCN(C(=O)c2cc(Br)cc([N+](=O)[O-])c2)CC1. The van der Waals surface area contributed by atoms with Crippen molar-refractivity contribution < 1.29 is 9.72 Å². The van der Waals surface area contributed by atoms with Crippen LogP contribution in [0, 0.1) is 10.1 Å². The number of nitrogens with two attached hydrogens (primary N) is 1. The van der Waals surface area contributed by atoms with Crippen molar-refractivity contribution in [3.8, 4) is 0 Å². The number of likely N-dealkylation sites (tertiary alicyclic amines) is 1. The monoisotopic (exact) mass is 363 g/mol. The van der Waals surface area contributed by atoms with Gasteiger partial charge in [0.15, 0.2) is 0 Å². The molecule has 0 saturated carbocycles. The molecule has 0 aromatic heterocycles. The van der Waals surface area contributed by atoms with E-state index in [0.29, 0.717) is 23.1 Å². The van der Waals surface area contributed by atoms with Gasteiger partial charge >= 0.3 is 0 Å². The van der Waals surface area contributed by atoms with Gasteiger partial charge in [-0.05, 0) is 18.9 Å². The molecule has 6 nitrogen and oxygen atoms in total. The fourth-order valence-corrected chi connectivity index (χ4v) is 2.57. The van der Waals surface area contributed by atoms with Gasteiger partial charge in [0.05, 0.1) is 4.92 Å². The van der Waals surface area contributed by atoms with Crippen molar-refractivity contribution in [3.05, 3.63) is 38.3 Å². The number of carbonyl (C=O) groups is 1. The molecule has 1 saturated heterocycles. The summed E-state index contributed by atoms with van der Waals surface area (Å²) >= 11 is 3.19. The summed E-state index contributed by atoms with van der Waals surface area (Å²) in [4.78, 5) is 24.2. The third-order valence-corrected chi connectivity index (χ3v) is 3.62. The van der Waals surface area contributed by atoms with Gasteiger partial charge in [-0.15, -0.1) is 12.4 Å². The summed E-state index contributed by atoms with van der Waals surface area (Å²) < 4.78 is 0.527. The average Bonchev–Trinajstić information content (AvgIpc) is 2.38. The third-order valence-electron chi connectivity index (χ3n) is 3.17. The predicted octanol–water partition coefficient (Wildman–Crippen LogP) is 2.34. The average molecular weight is 365 g/mol. The first-order chi connectivity index (χ1) is 8.97. The van der Waals surface area contributed by atoms with Crippen LogP contribution in [0.4, 0.5) is 5.69 Å². The Morgan fingerprint density at radius 1 is 1.35 bits per heavy atom. The predicted molar refractivity (Wildman–Crippen MR) is 81.2 cm³/mol. The van der Waals surface area contributed by atoms with E-state index in [-0.39, 0.29) is 30.0 Å². The Balaban J connectivity index is 0.00000200. The van der Waals surface area contributed by atoms with E-state index in [2.05, 4.69) is 15.9 Å². The lowest BCUT2D eigenvalue weighted by Crippen LogP contribution is -2.42. The van der Waals surface area contributed by atoms with Gasteiger partial charge in [-0.25, -0.2) is 0 Å². The Bertz CT molecular complexity index is 519. The summed E-state index contributed by atoms with van der Waals surface area (Å²) in [6.45, 7) is 1.20. The van der Waals surface area contributed by atoms with Crippen LogP contribution in [0.2, 0.25) is 0 Å². The van der Waals surface area contributed by atoms with E-state index >= 15 is 0 Å². The number of nitro groups is 1. The number of benzene rings is 1. The Kier molecular flexibility index (Phi) is 5.91. The van der Waals surface area contributed by atoms with E-state index in [4.69, 9.17) is 5.73 Å². The van der Waals surface area contributed by atoms with Gasteiger partial charge < -0.3 is 10.6 Å². The van der Waals surface area contributed by atoms with Crippen molar-refractivity contribution in [1.82, 2.24) is 4.90 Å². The molecule has 2 N–H and O–H groups in total. The lowest BCUT2D eigenvalue weighted by molar-refractivity contribution is -0.385. The maximum Gasteiger partial charge on any atom is 0.271 e. The standard InChI is InChI=1S/C12H14BrN3O3.ClH/c13-9-5-8(6-11(7-9)16(18)19)12(17)15-3-1-10(14)2-4-15;/h5-7,10H,1-4,14H2;1H. The Morgan fingerprint density at radius 2 is 1.95 bits per heavy atom. The smallest absolute Gasteiger partial charge is 0.271 e. The molecule has 1 amide bonds. The zero-order valence-corrected chi connectivity index (χ0v) is 13.0. The summed E-state index contributed by atoms with van der Waals surface area (Å²) in [5.74, 6) is -0.184.